The van der Waals surface area contributed by atoms with Gasteiger partial charge >= 0.3 is 0 Å². The fourth-order valence-corrected chi connectivity index (χ4v) is 4.01. The summed E-state index contributed by atoms with van der Waals surface area (Å²) in [5, 5.41) is 0. The van der Waals surface area contributed by atoms with Crippen molar-refractivity contribution in [1.29, 1.82) is 0 Å². The first-order chi connectivity index (χ1) is 25.4. The molecule has 0 bridgehead atoms. The van der Waals surface area contributed by atoms with E-state index in [2.05, 4.69) is 6.92 Å². The first kappa shape index (κ1) is 47.2. The van der Waals surface area contributed by atoms with E-state index in [9.17, 15) is 4.79 Å². The topological polar surface area (TPSA) is 137 Å². The Kier molecular flexibility index (Phi) is 37.9. The molecule has 0 saturated heterocycles. The van der Waals surface area contributed by atoms with Crippen molar-refractivity contribution in [3.63, 3.8) is 0 Å². The predicted octanol–water partition coefficient (Wildman–Crippen LogP) is 3.66. The van der Waals surface area contributed by atoms with Crippen LogP contribution >= 0.6 is 0 Å². The monoisotopic (exact) mass is 734 g/mol. The van der Waals surface area contributed by atoms with Crippen LogP contribution < -0.4 is 4.74 Å². The smallest absolute Gasteiger partial charge is 0.150 e. The Balaban J connectivity index is 1.62. The van der Waals surface area contributed by atoms with Crippen LogP contribution in [0.3, 0.4) is 0 Å². The van der Waals surface area contributed by atoms with Gasteiger partial charge in [-0.25, -0.2) is 0 Å². The third-order valence-electron chi connectivity index (χ3n) is 6.75. The fraction of sp³-hybridized carbons (Fsp3) is 0.811. The molecule has 14 heteroatoms. The van der Waals surface area contributed by atoms with E-state index in [0.717, 1.165) is 19.3 Å². The summed E-state index contributed by atoms with van der Waals surface area (Å²) in [5.41, 5.74) is 0.618. The zero-order valence-electron chi connectivity index (χ0n) is 31.1. The first-order valence-corrected chi connectivity index (χ1v) is 18.5. The van der Waals surface area contributed by atoms with Gasteiger partial charge in [0.2, 0.25) is 0 Å². The quantitative estimate of drug-likeness (QED) is 0.0713. The molecular weight excluding hydrogens is 668 g/mol. The summed E-state index contributed by atoms with van der Waals surface area (Å²) in [7, 11) is 0. The summed E-state index contributed by atoms with van der Waals surface area (Å²) in [6, 6.07) is 6.94. The van der Waals surface area contributed by atoms with E-state index in [-0.39, 0.29) is 0 Å². The van der Waals surface area contributed by atoms with Gasteiger partial charge in [0.15, 0.2) is 0 Å². The molecule has 0 aliphatic carbocycles. The Bertz CT molecular complexity index is 817. The molecule has 0 N–H and O–H groups in total. The molecule has 0 radical (unpaired) electrons. The Morgan fingerprint density at radius 3 is 0.902 bits per heavy atom. The molecule has 0 spiro atoms. The van der Waals surface area contributed by atoms with Crippen LogP contribution in [0.15, 0.2) is 24.3 Å². The minimum Gasteiger partial charge on any atom is -0.491 e. The number of aldehydes is 1. The van der Waals surface area contributed by atoms with E-state index in [0.29, 0.717) is 170 Å². The molecule has 0 aromatic heterocycles. The van der Waals surface area contributed by atoms with Crippen LogP contribution in [0.2, 0.25) is 0 Å². The zero-order chi connectivity index (χ0) is 36.4. The van der Waals surface area contributed by atoms with Crippen molar-refractivity contribution in [1.82, 2.24) is 0 Å². The van der Waals surface area contributed by atoms with Crippen molar-refractivity contribution < 1.29 is 66.4 Å². The van der Waals surface area contributed by atoms with Gasteiger partial charge in [-0.3, -0.25) is 4.79 Å². The largest absolute Gasteiger partial charge is 0.491 e. The van der Waals surface area contributed by atoms with Gasteiger partial charge in [0.25, 0.3) is 0 Å². The second-order valence-electron chi connectivity index (χ2n) is 10.9. The van der Waals surface area contributed by atoms with E-state index in [1.807, 2.05) is 0 Å². The second-order valence-corrected chi connectivity index (χ2v) is 10.9. The van der Waals surface area contributed by atoms with Gasteiger partial charge in [-0.15, -0.1) is 0 Å². The zero-order valence-corrected chi connectivity index (χ0v) is 31.1. The fourth-order valence-electron chi connectivity index (χ4n) is 4.01. The molecule has 0 amide bonds. The van der Waals surface area contributed by atoms with Crippen LogP contribution in [0.1, 0.15) is 43.0 Å². The van der Waals surface area contributed by atoms with E-state index in [1.165, 1.54) is 19.3 Å². The highest BCUT2D eigenvalue weighted by Crippen LogP contribution is 2.10. The number of rotatable bonds is 43. The molecule has 298 valence electrons. The van der Waals surface area contributed by atoms with Crippen LogP contribution in [0.5, 0.6) is 5.75 Å². The molecule has 1 aromatic carbocycles. The molecule has 14 nitrogen and oxygen atoms in total. The predicted molar refractivity (Wildman–Crippen MR) is 191 cm³/mol. The van der Waals surface area contributed by atoms with Crippen molar-refractivity contribution >= 4 is 6.29 Å². The van der Waals surface area contributed by atoms with E-state index in [4.69, 9.17) is 61.6 Å². The Morgan fingerprint density at radius 1 is 0.353 bits per heavy atom. The van der Waals surface area contributed by atoms with Crippen molar-refractivity contribution in [3.8, 4) is 5.75 Å². The number of carbonyl (C=O) groups excluding carboxylic acids is 1. The summed E-state index contributed by atoms with van der Waals surface area (Å²) in [6.07, 6.45) is 5.68. The van der Waals surface area contributed by atoms with Crippen molar-refractivity contribution in [2.24, 2.45) is 0 Å². The summed E-state index contributed by atoms with van der Waals surface area (Å²) in [5.74, 6) is 0.704. The third kappa shape index (κ3) is 36.4. The van der Waals surface area contributed by atoms with Gasteiger partial charge in [-0.1, -0.05) is 26.2 Å². The number of carbonyl (C=O) groups is 1. The molecule has 0 aliphatic rings. The third-order valence-corrected chi connectivity index (χ3v) is 6.75. The lowest BCUT2D eigenvalue weighted by Gasteiger charge is -2.09. The molecule has 0 atom stereocenters. The highest BCUT2D eigenvalue weighted by Gasteiger charge is 1.98. The first-order valence-electron chi connectivity index (χ1n) is 18.5. The van der Waals surface area contributed by atoms with Gasteiger partial charge < -0.3 is 61.6 Å². The number of hydrogen-bond donors (Lipinski definition) is 0. The van der Waals surface area contributed by atoms with Crippen molar-refractivity contribution in [2.45, 2.75) is 32.6 Å². The van der Waals surface area contributed by atoms with Gasteiger partial charge in [-0.05, 0) is 30.7 Å². The molecule has 0 aliphatic heterocycles. The maximum atomic E-state index is 10.6. The molecule has 0 unspecified atom stereocenters. The molecular formula is C37H66O14. The summed E-state index contributed by atoms with van der Waals surface area (Å²) in [6.45, 7) is 15.3. The van der Waals surface area contributed by atoms with Crippen LogP contribution in [-0.4, -0.2) is 171 Å². The van der Waals surface area contributed by atoms with Crippen LogP contribution in [-0.2, 0) is 56.8 Å². The highest BCUT2D eigenvalue weighted by atomic mass is 16.6. The Labute approximate surface area is 305 Å². The second kappa shape index (κ2) is 41.0. The summed E-state index contributed by atoms with van der Waals surface area (Å²) < 4.78 is 71.4. The molecule has 0 saturated carbocycles. The maximum Gasteiger partial charge on any atom is 0.150 e. The van der Waals surface area contributed by atoms with E-state index >= 15 is 0 Å². The minimum atomic E-state index is 0.430. The Hall–Kier alpha value is -1.79. The van der Waals surface area contributed by atoms with Crippen molar-refractivity contribution in [2.75, 3.05) is 165 Å². The van der Waals surface area contributed by atoms with Gasteiger partial charge in [0, 0.05) is 12.2 Å². The van der Waals surface area contributed by atoms with Gasteiger partial charge in [0.1, 0.15) is 18.6 Å². The normalized spacial score (nSPS) is 11.4. The van der Waals surface area contributed by atoms with Crippen LogP contribution in [0.4, 0.5) is 0 Å². The summed E-state index contributed by atoms with van der Waals surface area (Å²) in [4.78, 5) is 10.6. The minimum absolute atomic E-state index is 0.430. The standard InChI is InChI=1S/C37H66O14/c1-2-3-4-5-10-39-11-12-40-13-14-41-15-16-42-17-18-43-19-20-44-21-22-45-23-24-46-25-26-47-27-28-48-29-30-49-31-32-50-33-34-51-37-8-6-36(35-38)7-9-37/h6-9,35H,2-5,10-34H2,1H3. The van der Waals surface area contributed by atoms with Gasteiger partial charge in [-0.2, -0.15) is 0 Å². The molecule has 0 fully saturated rings. The maximum absolute atomic E-state index is 10.6. The number of benzene rings is 1. The van der Waals surface area contributed by atoms with E-state index < -0.39 is 0 Å². The lowest BCUT2D eigenvalue weighted by Crippen LogP contribution is -2.15. The average Bonchev–Trinajstić information content (AvgIpc) is 3.15. The molecule has 51 heavy (non-hydrogen) atoms. The SMILES string of the molecule is CCCCCCOCCOCCOCCOCCOCCOCCOCCOCCOCCOCCOCCOCCOc1ccc(C=O)cc1. The summed E-state index contributed by atoms with van der Waals surface area (Å²) >= 11 is 0. The molecule has 0 heterocycles. The lowest BCUT2D eigenvalue weighted by molar-refractivity contribution is -0.0285. The van der Waals surface area contributed by atoms with Crippen LogP contribution in [0.25, 0.3) is 0 Å². The number of unbranched alkanes of at least 4 members (excludes halogenated alkanes) is 3. The Morgan fingerprint density at radius 2 is 0.627 bits per heavy atom. The lowest BCUT2D eigenvalue weighted by atomic mass is 10.2. The highest BCUT2D eigenvalue weighted by molar-refractivity contribution is 5.74. The number of ether oxygens (including phenoxy) is 13. The number of hydrogen-bond acceptors (Lipinski definition) is 14. The van der Waals surface area contributed by atoms with Crippen LogP contribution in [0, 0.1) is 0 Å². The molecule has 1 rings (SSSR count). The van der Waals surface area contributed by atoms with Gasteiger partial charge in [0.05, 0.1) is 152 Å². The molecule has 1 aromatic rings. The average molecular weight is 735 g/mol. The van der Waals surface area contributed by atoms with Crippen molar-refractivity contribution in [3.05, 3.63) is 29.8 Å². The van der Waals surface area contributed by atoms with E-state index in [1.54, 1.807) is 24.3 Å².